The van der Waals surface area contributed by atoms with Gasteiger partial charge in [-0.15, -0.1) is 0 Å². The van der Waals surface area contributed by atoms with Crippen LogP contribution >= 0.6 is 8.58 Å². The minimum atomic E-state index is 0.676. The van der Waals surface area contributed by atoms with Gasteiger partial charge in [0, 0.05) is 0 Å². The van der Waals surface area contributed by atoms with E-state index in [-0.39, 0.29) is 0 Å². The maximum Gasteiger partial charge on any atom is 0.0721 e. The van der Waals surface area contributed by atoms with Crippen LogP contribution in [0.3, 0.4) is 0 Å². The first-order valence-electron chi connectivity index (χ1n) is 9.43. The van der Waals surface area contributed by atoms with Crippen molar-refractivity contribution in [2.24, 2.45) is 0 Å². The van der Waals surface area contributed by atoms with E-state index < -0.39 is 0 Å². The summed E-state index contributed by atoms with van der Waals surface area (Å²) in [6, 6.07) is 41.6. The summed E-state index contributed by atoms with van der Waals surface area (Å²) in [5.41, 5.74) is 2.43. The summed E-state index contributed by atoms with van der Waals surface area (Å²) in [5.74, 6) is 0. The third-order valence-electron chi connectivity index (χ3n) is 4.06. The molecule has 0 aliphatic carbocycles. The molecule has 0 fully saturated rings. The van der Waals surface area contributed by atoms with Crippen LogP contribution in [-0.2, 0) is 18.0 Å². The molecule has 2 heteroatoms. The Morgan fingerprint density at radius 1 is 0.429 bits per heavy atom. The van der Waals surface area contributed by atoms with E-state index in [9.17, 15) is 0 Å². The molecule has 0 aliphatic heterocycles. The normalized spacial score (nSPS) is 10.0. The fourth-order valence-electron chi connectivity index (χ4n) is 2.64. The Balaban J connectivity index is 0.000000162. The van der Waals surface area contributed by atoms with Crippen molar-refractivity contribution < 1.29 is 4.74 Å². The van der Waals surface area contributed by atoms with Gasteiger partial charge < -0.3 is 4.74 Å². The highest BCUT2D eigenvalue weighted by molar-refractivity contribution is 7.55. The van der Waals surface area contributed by atoms with Gasteiger partial charge in [-0.1, -0.05) is 130 Å². The van der Waals surface area contributed by atoms with Crippen LogP contribution in [0.5, 0.6) is 0 Å². The molecule has 140 valence electrons. The monoisotopic (exact) mass is 384 g/mol. The van der Waals surface area contributed by atoms with Crippen LogP contribution in [0.25, 0.3) is 0 Å². The van der Waals surface area contributed by atoms with Crippen molar-refractivity contribution in [1.29, 1.82) is 0 Å². The van der Waals surface area contributed by atoms with Crippen LogP contribution in [0.2, 0.25) is 0 Å². The Hall–Kier alpha value is -2.73. The quantitative estimate of drug-likeness (QED) is 0.386. The first kappa shape index (κ1) is 20.0. The standard InChI is InChI=1S/C14H14O.C12H11P/c1-3-7-13(8-4-1)11-15-12-14-9-5-2-6-10-14;1-3-7-11(8-4-1)13-12-9-5-2-6-10-12/h1-10H,11-12H2;1-10,13H. The van der Waals surface area contributed by atoms with E-state index >= 15 is 0 Å². The lowest BCUT2D eigenvalue weighted by Gasteiger charge is -2.03. The third kappa shape index (κ3) is 7.48. The fourth-order valence-corrected chi connectivity index (χ4v) is 3.70. The number of ether oxygens (including phenoxy) is 1. The molecule has 0 spiro atoms. The second-order valence-corrected chi connectivity index (χ2v) is 7.73. The third-order valence-corrected chi connectivity index (χ3v) is 5.30. The van der Waals surface area contributed by atoms with E-state index in [2.05, 4.69) is 84.9 Å². The second kappa shape index (κ2) is 11.9. The van der Waals surface area contributed by atoms with Gasteiger partial charge in [0.1, 0.15) is 0 Å². The van der Waals surface area contributed by atoms with Crippen molar-refractivity contribution in [1.82, 2.24) is 0 Å². The summed E-state index contributed by atoms with van der Waals surface area (Å²) in [6.45, 7) is 1.35. The molecule has 4 aromatic rings. The summed E-state index contributed by atoms with van der Waals surface area (Å²) >= 11 is 0. The Bertz CT molecular complexity index is 817. The van der Waals surface area contributed by atoms with Gasteiger partial charge in [-0.3, -0.25) is 0 Å². The molecule has 28 heavy (non-hydrogen) atoms. The van der Waals surface area contributed by atoms with E-state index in [1.807, 2.05) is 36.4 Å². The average molecular weight is 384 g/mol. The van der Waals surface area contributed by atoms with Crippen LogP contribution < -0.4 is 10.6 Å². The minimum absolute atomic E-state index is 0.676. The van der Waals surface area contributed by atoms with Crippen LogP contribution in [0.15, 0.2) is 121 Å². The molecule has 0 N–H and O–H groups in total. The number of hydrogen-bond acceptors (Lipinski definition) is 1. The minimum Gasteiger partial charge on any atom is -0.372 e. The van der Waals surface area contributed by atoms with E-state index in [4.69, 9.17) is 4.74 Å². The molecule has 4 rings (SSSR count). The lowest BCUT2D eigenvalue weighted by Crippen LogP contribution is -2.01. The van der Waals surface area contributed by atoms with Gasteiger partial charge in [0.25, 0.3) is 0 Å². The zero-order chi connectivity index (χ0) is 19.3. The molecule has 0 heterocycles. The van der Waals surface area contributed by atoms with Crippen LogP contribution in [0.1, 0.15) is 11.1 Å². The van der Waals surface area contributed by atoms with Crippen molar-refractivity contribution in [3.8, 4) is 0 Å². The topological polar surface area (TPSA) is 9.23 Å². The van der Waals surface area contributed by atoms with E-state index in [0.29, 0.717) is 13.2 Å². The molecule has 0 saturated carbocycles. The average Bonchev–Trinajstić information content (AvgIpc) is 2.77. The van der Waals surface area contributed by atoms with E-state index in [1.54, 1.807) is 0 Å². The van der Waals surface area contributed by atoms with Crippen LogP contribution in [0.4, 0.5) is 0 Å². The zero-order valence-electron chi connectivity index (χ0n) is 15.9. The lowest BCUT2D eigenvalue weighted by atomic mass is 10.2. The van der Waals surface area contributed by atoms with Gasteiger partial charge in [-0.05, 0) is 21.7 Å². The van der Waals surface area contributed by atoms with Crippen molar-refractivity contribution >= 4 is 19.2 Å². The highest BCUT2D eigenvalue weighted by Crippen LogP contribution is 2.09. The van der Waals surface area contributed by atoms with Crippen molar-refractivity contribution in [2.45, 2.75) is 13.2 Å². The molecule has 0 atom stereocenters. The number of benzene rings is 4. The summed E-state index contributed by atoms with van der Waals surface area (Å²) in [4.78, 5) is 0. The summed E-state index contributed by atoms with van der Waals surface area (Å²) in [6.07, 6.45) is 0. The van der Waals surface area contributed by atoms with Crippen molar-refractivity contribution in [3.63, 3.8) is 0 Å². The summed E-state index contributed by atoms with van der Waals surface area (Å²) < 4.78 is 5.61. The Morgan fingerprint density at radius 2 is 0.750 bits per heavy atom. The smallest absolute Gasteiger partial charge is 0.0721 e. The lowest BCUT2D eigenvalue weighted by molar-refractivity contribution is 0.107. The van der Waals surface area contributed by atoms with Crippen LogP contribution in [0, 0.1) is 0 Å². The maximum atomic E-state index is 5.61. The first-order valence-corrected chi connectivity index (χ1v) is 10.4. The molecule has 0 aliphatic rings. The highest BCUT2D eigenvalue weighted by atomic mass is 31.1. The molecule has 0 bridgehead atoms. The van der Waals surface area contributed by atoms with E-state index in [1.165, 1.54) is 21.7 Å². The molecule has 4 aromatic carbocycles. The van der Waals surface area contributed by atoms with Gasteiger partial charge in [0.2, 0.25) is 0 Å². The Morgan fingerprint density at radius 3 is 1.11 bits per heavy atom. The van der Waals surface area contributed by atoms with Gasteiger partial charge in [-0.25, -0.2) is 0 Å². The predicted octanol–water partition coefficient (Wildman–Crippen LogP) is 5.72. The van der Waals surface area contributed by atoms with E-state index in [0.717, 1.165) is 8.58 Å². The second-order valence-electron chi connectivity index (χ2n) is 6.32. The number of rotatable bonds is 6. The van der Waals surface area contributed by atoms with Gasteiger partial charge in [0.15, 0.2) is 0 Å². The van der Waals surface area contributed by atoms with Gasteiger partial charge in [0.05, 0.1) is 13.2 Å². The molecule has 0 saturated heterocycles. The molecular formula is C26H25OP. The summed E-state index contributed by atoms with van der Waals surface area (Å²) in [7, 11) is 0.777. The summed E-state index contributed by atoms with van der Waals surface area (Å²) in [5, 5.41) is 2.79. The molecule has 1 nitrogen and oxygen atoms in total. The first-order chi connectivity index (χ1) is 13.9. The van der Waals surface area contributed by atoms with Crippen LogP contribution in [-0.4, -0.2) is 0 Å². The maximum absolute atomic E-state index is 5.61. The molecule has 0 radical (unpaired) electrons. The Labute approximate surface area is 169 Å². The Kier molecular flexibility index (Phi) is 8.49. The molecule has 0 aromatic heterocycles. The number of hydrogen-bond donors (Lipinski definition) is 0. The van der Waals surface area contributed by atoms with Gasteiger partial charge in [-0.2, -0.15) is 0 Å². The van der Waals surface area contributed by atoms with Crippen molar-refractivity contribution in [3.05, 3.63) is 132 Å². The SMILES string of the molecule is c1ccc(COCc2ccccc2)cc1.c1ccc(Pc2ccccc2)cc1. The largest absolute Gasteiger partial charge is 0.372 e. The molecular weight excluding hydrogens is 359 g/mol. The predicted molar refractivity (Wildman–Crippen MR) is 122 cm³/mol. The molecule has 0 amide bonds. The molecule has 0 unspecified atom stereocenters. The fraction of sp³-hybridized carbons (Fsp3) is 0.0769. The van der Waals surface area contributed by atoms with Crippen molar-refractivity contribution in [2.75, 3.05) is 0 Å². The highest BCUT2D eigenvalue weighted by Gasteiger charge is 1.93. The van der Waals surface area contributed by atoms with Gasteiger partial charge >= 0.3 is 0 Å². The zero-order valence-corrected chi connectivity index (χ0v) is 16.9.